The number of carbonyl (C=O) groups excluding carboxylic acids is 1. The zero-order valence-corrected chi connectivity index (χ0v) is 15.7. The molecule has 1 saturated heterocycles. The number of allylic oxidation sites excluding steroid dienone is 1. The first kappa shape index (κ1) is 17.8. The predicted molar refractivity (Wildman–Crippen MR) is 106 cm³/mol. The Morgan fingerprint density at radius 2 is 1.93 bits per heavy atom. The molecule has 140 valence electrons. The van der Waals surface area contributed by atoms with Gasteiger partial charge in [0.2, 0.25) is 0 Å². The molecular weight excluding hydrogens is 336 g/mol. The van der Waals surface area contributed by atoms with Gasteiger partial charge >= 0.3 is 5.97 Å². The zero-order chi connectivity index (χ0) is 18.7. The molecule has 0 N–H and O–H groups in total. The Morgan fingerprint density at radius 1 is 1.11 bits per heavy atom. The van der Waals surface area contributed by atoms with E-state index in [9.17, 15) is 4.79 Å². The van der Waals surface area contributed by atoms with Crippen molar-refractivity contribution < 1.29 is 14.3 Å². The lowest BCUT2D eigenvalue weighted by molar-refractivity contribution is -0.146. The number of hydrogen-bond acceptors (Lipinski definition) is 3. The van der Waals surface area contributed by atoms with Gasteiger partial charge in [-0.05, 0) is 55.4 Å². The number of esters is 1. The van der Waals surface area contributed by atoms with Crippen LogP contribution in [0.25, 0.3) is 0 Å². The van der Waals surface area contributed by atoms with E-state index in [1.165, 1.54) is 11.1 Å². The van der Waals surface area contributed by atoms with Crippen LogP contribution in [0.4, 0.5) is 0 Å². The number of aryl methyl sites for hydroxylation is 1. The summed E-state index contributed by atoms with van der Waals surface area (Å²) in [6, 6.07) is 18.6. The summed E-state index contributed by atoms with van der Waals surface area (Å²) in [5.41, 5.74) is 3.23. The maximum atomic E-state index is 12.5. The van der Waals surface area contributed by atoms with Crippen LogP contribution in [0, 0.1) is 11.3 Å². The lowest BCUT2D eigenvalue weighted by atomic mass is 9.75. The summed E-state index contributed by atoms with van der Waals surface area (Å²) >= 11 is 0. The van der Waals surface area contributed by atoms with Crippen LogP contribution in [-0.2, 0) is 22.4 Å². The molecule has 1 saturated carbocycles. The van der Waals surface area contributed by atoms with E-state index in [4.69, 9.17) is 9.47 Å². The van der Waals surface area contributed by atoms with Crippen molar-refractivity contribution >= 4 is 5.97 Å². The average Bonchev–Trinajstić information content (AvgIpc) is 3.14. The van der Waals surface area contributed by atoms with Crippen molar-refractivity contribution in [2.75, 3.05) is 13.2 Å². The fraction of sp³-hybridized carbons (Fsp3) is 0.375. The number of rotatable bonds is 7. The van der Waals surface area contributed by atoms with Gasteiger partial charge in [-0.3, -0.25) is 4.79 Å². The molecule has 2 fully saturated rings. The Bertz CT molecular complexity index is 827. The molecule has 1 aliphatic heterocycles. The van der Waals surface area contributed by atoms with Crippen LogP contribution in [0.2, 0.25) is 0 Å². The van der Waals surface area contributed by atoms with Gasteiger partial charge in [-0.15, -0.1) is 0 Å². The molecule has 2 atom stereocenters. The summed E-state index contributed by atoms with van der Waals surface area (Å²) in [6.07, 6.45) is 4.35. The lowest BCUT2D eigenvalue weighted by Crippen LogP contribution is -2.31. The molecule has 3 heteroatoms. The van der Waals surface area contributed by atoms with Crippen molar-refractivity contribution in [1.82, 2.24) is 0 Å². The highest BCUT2D eigenvalue weighted by molar-refractivity contribution is 5.81. The van der Waals surface area contributed by atoms with E-state index in [2.05, 4.69) is 43.0 Å². The van der Waals surface area contributed by atoms with Crippen LogP contribution >= 0.6 is 0 Å². The Kier molecular flexibility index (Phi) is 5.02. The van der Waals surface area contributed by atoms with Crippen molar-refractivity contribution in [3.8, 4) is 5.75 Å². The Hall–Kier alpha value is -2.55. The van der Waals surface area contributed by atoms with E-state index in [-0.39, 0.29) is 11.9 Å². The van der Waals surface area contributed by atoms with Crippen LogP contribution in [0.1, 0.15) is 30.4 Å². The topological polar surface area (TPSA) is 35.5 Å². The monoisotopic (exact) mass is 362 g/mol. The fourth-order valence-electron chi connectivity index (χ4n) is 4.48. The van der Waals surface area contributed by atoms with Crippen LogP contribution in [0.3, 0.4) is 0 Å². The van der Waals surface area contributed by atoms with Gasteiger partial charge in [0.05, 0.1) is 18.6 Å². The molecule has 27 heavy (non-hydrogen) atoms. The first-order valence-electron chi connectivity index (χ1n) is 9.75. The van der Waals surface area contributed by atoms with E-state index in [1.807, 2.05) is 18.2 Å². The third-order valence-electron chi connectivity index (χ3n) is 5.84. The van der Waals surface area contributed by atoms with E-state index in [0.717, 1.165) is 37.0 Å². The highest BCUT2D eigenvalue weighted by atomic mass is 16.5. The second kappa shape index (κ2) is 7.59. The molecule has 2 aromatic carbocycles. The van der Waals surface area contributed by atoms with Gasteiger partial charge < -0.3 is 9.47 Å². The third-order valence-corrected chi connectivity index (χ3v) is 5.84. The molecule has 0 radical (unpaired) electrons. The summed E-state index contributed by atoms with van der Waals surface area (Å²) < 4.78 is 11.3. The molecule has 2 unspecified atom stereocenters. The maximum Gasteiger partial charge on any atom is 0.313 e. The maximum absolute atomic E-state index is 12.5. The Balaban J connectivity index is 1.36. The zero-order valence-electron chi connectivity index (χ0n) is 15.7. The van der Waals surface area contributed by atoms with Gasteiger partial charge in [0.15, 0.2) is 0 Å². The number of carbonyl (C=O) groups is 1. The first-order chi connectivity index (χ1) is 13.2. The minimum absolute atomic E-state index is 0.0552. The van der Waals surface area contributed by atoms with Crippen LogP contribution in [-0.4, -0.2) is 19.2 Å². The predicted octanol–water partition coefficient (Wildman–Crippen LogP) is 4.75. The largest absolute Gasteiger partial charge is 0.494 e. The molecule has 0 bridgehead atoms. The van der Waals surface area contributed by atoms with E-state index >= 15 is 0 Å². The minimum Gasteiger partial charge on any atom is -0.494 e. The second-order valence-electron chi connectivity index (χ2n) is 7.84. The minimum atomic E-state index is -0.414. The van der Waals surface area contributed by atoms with Gasteiger partial charge in [-0.2, -0.15) is 0 Å². The average molecular weight is 362 g/mol. The molecule has 0 aromatic heterocycles. The van der Waals surface area contributed by atoms with E-state index in [0.29, 0.717) is 19.6 Å². The van der Waals surface area contributed by atoms with Crippen LogP contribution in [0.5, 0.6) is 5.75 Å². The normalized spacial score (nSPS) is 23.9. The second-order valence-corrected chi connectivity index (χ2v) is 7.84. The SMILES string of the molecule is C=C1CC2COC(=O)C2(Cc2cccc(OCCCc3ccccc3)c2)C1. The van der Waals surface area contributed by atoms with Gasteiger partial charge in [0.1, 0.15) is 5.75 Å². The molecule has 0 spiro atoms. The highest BCUT2D eigenvalue weighted by Gasteiger charge is 2.55. The summed E-state index contributed by atoms with van der Waals surface area (Å²) in [7, 11) is 0. The number of fused-ring (bicyclic) bond motifs is 1. The standard InChI is InChI=1S/C24H26O3/c1-18-13-21-17-27-23(25)24(21,15-18)16-20-9-5-11-22(14-20)26-12-6-10-19-7-3-2-4-8-19/h2-5,7-9,11,14,21H,1,6,10,12-13,15-17H2. The molecule has 3 nitrogen and oxygen atoms in total. The van der Waals surface area contributed by atoms with Crippen molar-refractivity contribution in [2.24, 2.45) is 11.3 Å². The van der Waals surface area contributed by atoms with Gasteiger partial charge in [0.25, 0.3) is 0 Å². The molecule has 4 rings (SSSR count). The molecule has 1 heterocycles. The van der Waals surface area contributed by atoms with Gasteiger partial charge in [-0.25, -0.2) is 0 Å². The molecule has 1 aliphatic carbocycles. The number of hydrogen-bond donors (Lipinski definition) is 0. The van der Waals surface area contributed by atoms with Crippen molar-refractivity contribution in [2.45, 2.75) is 32.1 Å². The van der Waals surface area contributed by atoms with Crippen molar-refractivity contribution in [3.63, 3.8) is 0 Å². The van der Waals surface area contributed by atoms with Gasteiger partial charge in [0, 0.05) is 5.92 Å². The van der Waals surface area contributed by atoms with Crippen LogP contribution in [0.15, 0.2) is 66.7 Å². The summed E-state index contributed by atoms with van der Waals surface area (Å²) in [5, 5.41) is 0. The van der Waals surface area contributed by atoms with Crippen LogP contribution < -0.4 is 4.74 Å². The molecule has 2 aliphatic rings. The number of ether oxygens (including phenoxy) is 2. The third kappa shape index (κ3) is 3.78. The Morgan fingerprint density at radius 3 is 2.78 bits per heavy atom. The number of cyclic esters (lactones) is 1. The van der Waals surface area contributed by atoms with E-state index in [1.54, 1.807) is 0 Å². The van der Waals surface area contributed by atoms with Crippen molar-refractivity contribution in [1.29, 1.82) is 0 Å². The molecule has 2 aromatic rings. The fourth-order valence-corrected chi connectivity index (χ4v) is 4.48. The van der Waals surface area contributed by atoms with E-state index < -0.39 is 5.41 Å². The summed E-state index contributed by atoms with van der Waals surface area (Å²) in [4.78, 5) is 12.5. The first-order valence-corrected chi connectivity index (χ1v) is 9.75. The molecular formula is C24H26O3. The Labute approximate surface area is 161 Å². The van der Waals surface area contributed by atoms with Gasteiger partial charge in [-0.1, -0.05) is 54.6 Å². The summed E-state index contributed by atoms with van der Waals surface area (Å²) in [5.74, 6) is 1.09. The quantitative estimate of drug-likeness (QED) is 0.405. The highest BCUT2D eigenvalue weighted by Crippen LogP contribution is 2.52. The number of benzene rings is 2. The smallest absolute Gasteiger partial charge is 0.313 e. The molecule has 0 amide bonds. The lowest BCUT2D eigenvalue weighted by Gasteiger charge is -2.24. The summed E-state index contributed by atoms with van der Waals surface area (Å²) in [6.45, 7) is 5.34. The van der Waals surface area contributed by atoms with Crippen molar-refractivity contribution in [3.05, 3.63) is 77.9 Å².